The molecule has 2 N–H and O–H groups in total. The number of amides is 1. The highest BCUT2D eigenvalue weighted by Crippen LogP contribution is 2.27. The Kier molecular flexibility index (Phi) is 6.39. The molecule has 0 saturated heterocycles. The second-order valence-corrected chi connectivity index (χ2v) is 5.37. The number of benzene rings is 2. The van der Waals surface area contributed by atoms with E-state index >= 15 is 0 Å². The van der Waals surface area contributed by atoms with Crippen LogP contribution in [0.2, 0.25) is 0 Å². The Morgan fingerprint density at radius 3 is 2.32 bits per heavy atom. The molecule has 2 aromatic rings. The van der Waals surface area contributed by atoms with E-state index in [1.54, 1.807) is 19.2 Å². The minimum atomic E-state index is -0.986. The molecule has 0 heterocycles. The third-order valence-electron chi connectivity index (χ3n) is 3.58. The van der Waals surface area contributed by atoms with E-state index in [0.29, 0.717) is 24.7 Å². The van der Waals surface area contributed by atoms with Crippen molar-refractivity contribution in [2.75, 3.05) is 13.7 Å². The first-order valence-corrected chi connectivity index (χ1v) is 7.92. The molecular formula is C19H21NO5. The van der Waals surface area contributed by atoms with Crippen molar-refractivity contribution in [3.8, 4) is 11.5 Å². The van der Waals surface area contributed by atoms with Gasteiger partial charge >= 0.3 is 5.97 Å². The Balaban J connectivity index is 1.92. The van der Waals surface area contributed by atoms with Gasteiger partial charge in [0, 0.05) is 6.54 Å². The first-order chi connectivity index (χ1) is 12.0. The Morgan fingerprint density at radius 1 is 1.04 bits per heavy atom. The SMILES string of the molecule is CCOc1ccc(CNC(=O)Cc2ccc(C(=O)O)cc2)cc1OC. The number of carboxylic acids is 1. The number of carbonyl (C=O) groups is 2. The molecule has 0 atom stereocenters. The maximum absolute atomic E-state index is 12.0. The molecule has 0 aliphatic carbocycles. The summed E-state index contributed by atoms with van der Waals surface area (Å²) < 4.78 is 10.7. The second-order valence-electron chi connectivity index (χ2n) is 5.37. The normalized spacial score (nSPS) is 10.2. The topological polar surface area (TPSA) is 84.9 Å². The third kappa shape index (κ3) is 5.24. The number of aromatic carboxylic acids is 1. The fraction of sp³-hybridized carbons (Fsp3) is 0.263. The van der Waals surface area contributed by atoms with Gasteiger partial charge in [0.1, 0.15) is 0 Å². The summed E-state index contributed by atoms with van der Waals surface area (Å²) in [5, 5.41) is 11.7. The third-order valence-corrected chi connectivity index (χ3v) is 3.58. The van der Waals surface area contributed by atoms with Crippen molar-refractivity contribution >= 4 is 11.9 Å². The van der Waals surface area contributed by atoms with E-state index in [9.17, 15) is 9.59 Å². The summed E-state index contributed by atoms with van der Waals surface area (Å²) in [5.41, 5.74) is 1.85. The Bertz CT molecular complexity index is 740. The van der Waals surface area contributed by atoms with Gasteiger partial charge in [0.25, 0.3) is 0 Å². The van der Waals surface area contributed by atoms with E-state index in [0.717, 1.165) is 11.1 Å². The Labute approximate surface area is 146 Å². The minimum absolute atomic E-state index is 0.143. The fourth-order valence-electron chi connectivity index (χ4n) is 2.31. The minimum Gasteiger partial charge on any atom is -0.493 e. The van der Waals surface area contributed by atoms with Gasteiger partial charge in [-0.15, -0.1) is 0 Å². The number of nitrogens with one attached hydrogen (secondary N) is 1. The first kappa shape index (κ1) is 18.3. The highest BCUT2D eigenvalue weighted by Gasteiger charge is 2.08. The molecule has 0 bridgehead atoms. The van der Waals surface area contributed by atoms with E-state index in [1.165, 1.54) is 12.1 Å². The zero-order valence-corrected chi connectivity index (χ0v) is 14.2. The van der Waals surface area contributed by atoms with Crippen LogP contribution in [0.15, 0.2) is 42.5 Å². The van der Waals surface area contributed by atoms with Crippen LogP contribution in [0.1, 0.15) is 28.4 Å². The van der Waals surface area contributed by atoms with E-state index in [-0.39, 0.29) is 17.9 Å². The van der Waals surface area contributed by atoms with Crippen LogP contribution in [0.25, 0.3) is 0 Å². The lowest BCUT2D eigenvalue weighted by Gasteiger charge is -2.11. The summed E-state index contributed by atoms with van der Waals surface area (Å²) in [7, 11) is 1.57. The zero-order chi connectivity index (χ0) is 18.2. The first-order valence-electron chi connectivity index (χ1n) is 7.92. The molecule has 0 spiro atoms. The molecule has 2 rings (SSSR count). The fourth-order valence-corrected chi connectivity index (χ4v) is 2.31. The van der Waals surface area contributed by atoms with Gasteiger partial charge in [0.05, 0.1) is 25.7 Å². The van der Waals surface area contributed by atoms with E-state index in [2.05, 4.69) is 5.32 Å². The molecule has 1 amide bonds. The lowest BCUT2D eigenvalue weighted by Crippen LogP contribution is -2.24. The van der Waals surface area contributed by atoms with E-state index < -0.39 is 5.97 Å². The molecule has 6 heteroatoms. The zero-order valence-electron chi connectivity index (χ0n) is 14.2. The van der Waals surface area contributed by atoms with Crippen molar-refractivity contribution in [2.24, 2.45) is 0 Å². The van der Waals surface area contributed by atoms with Crippen LogP contribution in [-0.4, -0.2) is 30.7 Å². The molecule has 0 fully saturated rings. The van der Waals surface area contributed by atoms with Gasteiger partial charge in [-0.05, 0) is 42.3 Å². The van der Waals surface area contributed by atoms with Gasteiger partial charge in [-0.25, -0.2) is 4.79 Å². The predicted molar refractivity (Wildman–Crippen MR) is 93.1 cm³/mol. The highest BCUT2D eigenvalue weighted by atomic mass is 16.5. The van der Waals surface area contributed by atoms with E-state index in [4.69, 9.17) is 14.6 Å². The van der Waals surface area contributed by atoms with Crippen LogP contribution in [0.4, 0.5) is 0 Å². The number of ether oxygens (including phenoxy) is 2. The van der Waals surface area contributed by atoms with Gasteiger partial charge in [-0.1, -0.05) is 18.2 Å². The number of rotatable bonds is 8. The van der Waals surface area contributed by atoms with E-state index in [1.807, 2.05) is 25.1 Å². The summed E-state index contributed by atoms with van der Waals surface area (Å²) in [6.07, 6.45) is 0.189. The number of hydrogen-bond donors (Lipinski definition) is 2. The molecule has 0 aliphatic rings. The van der Waals surface area contributed by atoms with Crippen molar-refractivity contribution < 1.29 is 24.2 Å². The van der Waals surface area contributed by atoms with Crippen LogP contribution < -0.4 is 14.8 Å². The van der Waals surface area contributed by atoms with Crippen LogP contribution in [-0.2, 0) is 17.8 Å². The van der Waals surface area contributed by atoms with Crippen molar-refractivity contribution in [2.45, 2.75) is 19.9 Å². The number of hydrogen-bond acceptors (Lipinski definition) is 4. The van der Waals surface area contributed by atoms with Crippen molar-refractivity contribution in [1.29, 1.82) is 0 Å². The average Bonchev–Trinajstić information content (AvgIpc) is 2.61. The molecule has 0 aliphatic heterocycles. The quantitative estimate of drug-likeness (QED) is 0.770. The smallest absolute Gasteiger partial charge is 0.335 e. The maximum Gasteiger partial charge on any atom is 0.335 e. The summed E-state index contributed by atoms with van der Waals surface area (Å²) in [6, 6.07) is 11.8. The predicted octanol–water partition coefficient (Wildman–Crippen LogP) is 2.65. The van der Waals surface area contributed by atoms with Crippen molar-refractivity contribution in [3.05, 3.63) is 59.2 Å². The van der Waals surface area contributed by atoms with Crippen LogP contribution in [0, 0.1) is 0 Å². The molecule has 0 radical (unpaired) electrons. The van der Waals surface area contributed by atoms with Crippen molar-refractivity contribution in [1.82, 2.24) is 5.32 Å². The van der Waals surface area contributed by atoms with Crippen LogP contribution in [0.3, 0.4) is 0 Å². The molecule has 132 valence electrons. The van der Waals surface area contributed by atoms with Gasteiger partial charge in [0.2, 0.25) is 5.91 Å². The number of carboxylic acid groups (broad SMARTS) is 1. The van der Waals surface area contributed by atoms with Crippen molar-refractivity contribution in [3.63, 3.8) is 0 Å². The molecule has 0 aromatic heterocycles. The molecule has 2 aromatic carbocycles. The molecular weight excluding hydrogens is 322 g/mol. The lowest BCUT2D eigenvalue weighted by atomic mass is 10.1. The Hall–Kier alpha value is -3.02. The second kappa shape index (κ2) is 8.73. The summed E-state index contributed by atoms with van der Waals surface area (Å²) in [5.74, 6) is 0.160. The molecule has 0 saturated carbocycles. The van der Waals surface area contributed by atoms with Gasteiger partial charge in [0.15, 0.2) is 11.5 Å². The lowest BCUT2D eigenvalue weighted by molar-refractivity contribution is -0.120. The number of methoxy groups -OCH3 is 1. The van der Waals surface area contributed by atoms with Crippen LogP contribution >= 0.6 is 0 Å². The van der Waals surface area contributed by atoms with Gasteiger partial charge in [-0.2, -0.15) is 0 Å². The summed E-state index contributed by atoms with van der Waals surface area (Å²) in [6.45, 7) is 2.82. The maximum atomic E-state index is 12.0. The van der Waals surface area contributed by atoms with Gasteiger partial charge < -0.3 is 19.9 Å². The molecule has 6 nitrogen and oxygen atoms in total. The largest absolute Gasteiger partial charge is 0.493 e. The average molecular weight is 343 g/mol. The standard InChI is InChI=1S/C19H21NO5/c1-3-25-16-9-6-14(10-17(16)24-2)12-20-18(21)11-13-4-7-15(8-5-13)19(22)23/h4-10H,3,11-12H2,1-2H3,(H,20,21)(H,22,23). The van der Waals surface area contributed by atoms with Gasteiger partial charge in [-0.3, -0.25) is 4.79 Å². The monoisotopic (exact) mass is 343 g/mol. The van der Waals surface area contributed by atoms with Crippen LogP contribution in [0.5, 0.6) is 11.5 Å². The molecule has 0 unspecified atom stereocenters. The summed E-state index contributed by atoms with van der Waals surface area (Å²) >= 11 is 0. The Morgan fingerprint density at radius 2 is 1.72 bits per heavy atom. The number of carbonyl (C=O) groups excluding carboxylic acids is 1. The summed E-state index contributed by atoms with van der Waals surface area (Å²) in [4.78, 5) is 22.9. The molecule has 25 heavy (non-hydrogen) atoms. The highest BCUT2D eigenvalue weighted by molar-refractivity contribution is 5.87.